The van der Waals surface area contributed by atoms with Gasteiger partial charge in [-0.15, -0.1) is 0 Å². The zero-order valence-corrected chi connectivity index (χ0v) is 27.7. The van der Waals surface area contributed by atoms with E-state index in [9.17, 15) is 15.8 Å². The highest BCUT2D eigenvalue weighted by Crippen LogP contribution is 2.49. The summed E-state index contributed by atoms with van der Waals surface area (Å²) in [5.74, 6) is 0.150. The molecule has 4 atom stereocenters. The molecular formula is C46H31N5. The molecule has 6 aromatic rings. The number of rotatable bonds is 4. The average Bonchev–Trinajstić information content (AvgIpc) is 3.60. The molecule has 4 unspecified atom stereocenters. The number of allylic oxidation sites excluding steroid dienone is 6. The summed E-state index contributed by atoms with van der Waals surface area (Å²) in [6.45, 7) is 0. The molecule has 0 bridgehead atoms. The van der Waals surface area contributed by atoms with Crippen molar-refractivity contribution in [1.29, 1.82) is 15.8 Å². The Kier molecular flexibility index (Phi) is 7.24. The summed E-state index contributed by atoms with van der Waals surface area (Å²) in [5, 5.41) is 31.6. The number of nitriles is 3. The van der Waals surface area contributed by atoms with E-state index in [0.29, 0.717) is 16.7 Å². The van der Waals surface area contributed by atoms with Gasteiger partial charge in [0.05, 0.1) is 35.9 Å². The van der Waals surface area contributed by atoms with Crippen molar-refractivity contribution in [2.45, 2.75) is 30.3 Å². The van der Waals surface area contributed by atoms with E-state index in [1.54, 1.807) is 0 Å². The SMILES string of the molecule is N#CC1=CC2c3ccccc3N(c3ccc(-c4ccccc4C4CC=CC(C#N)=CC4n4c5ccccc5c5cc(C#N)ccc54)cc3)C2C=C1. The minimum absolute atomic E-state index is 0.0253. The first kappa shape index (κ1) is 30.2. The van der Waals surface area contributed by atoms with E-state index in [0.717, 1.165) is 45.0 Å². The van der Waals surface area contributed by atoms with Gasteiger partial charge < -0.3 is 9.47 Å². The lowest BCUT2D eigenvalue weighted by atomic mass is 9.83. The predicted molar refractivity (Wildman–Crippen MR) is 203 cm³/mol. The smallest absolute Gasteiger partial charge is 0.0991 e. The zero-order valence-electron chi connectivity index (χ0n) is 27.7. The Morgan fingerprint density at radius 1 is 0.608 bits per heavy atom. The van der Waals surface area contributed by atoms with Crippen LogP contribution in [-0.2, 0) is 0 Å². The van der Waals surface area contributed by atoms with E-state index in [-0.39, 0.29) is 23.9 Å². The van der Waals surface area contributed by atoms with Gasteiger partial charge in [-0.25, -0.2) is 0 Å². The molecule has 1 aliphatic heterocycles. The van der Waals surface area contributed by atoms with Crippen LogP contribution in [0.5, 0.6) is 0 Å². The number of anilines is 2. The molecule has 0 radical (unpaired) electrons. The molecule has 3 aliphatic rings. The van der Waals surface area contributed by atoms with E-state index >= 15 is 0 Å². The summed E-state index contributed by atoms with van der Waals surface area (Å²) in [5.41, 5.74) is 11.1. The maximum Gasteiger partial charge on any atom is 0.0991 e. The Morgan fingerprint density at radius 2 is 1.33 bits per heavy atom. The normalized spacial score (nSPS) is 20.5. The second kappa shape index (κ2) is 12.2. The van der Waals surface area contributed by atoms with Crippen molar-refractivity contribution in [3.8, 4) is 29.3 Å². The fraction of sp³-hybridized carbons (Fsp3) is 0.109. The zero-order chi connectivity index (χ0) is 34.5. The van der Waals surface area contributed by atoms with Crippen LogP contribution in [0, 0.1) is 34.0 Å². The molecule has 51 heavy (non-hydrogen) atoms. The van der Waals surface area contributed by atoms with Crippen LogP contribution in [0.25, 0.3) is 32.9 Å². The molecule has 2 heterocycles. The van der Waals surface area contributed by atoms with Gasteiger partial charge in [0.25, 0.3) is 0 Å². The number of aromatic nitrogens is 1. The quantitative estimate of drug-likeness (QED) is 0.190. The number of hydrogen-bond donors (Lipinski definition) is 0. The molecule has 0 saturated heterocycles. The van der Waals surface area contributed by atoms with Gasteiger partial charge in [-0.2, -0.15) is 15.8 Å². The first-order chi connectivity index (χ1) is 25.2. The lowest BCUT2D eigenvalue weighted by Gasteiger charge is -2.30. The Morgan fingerprint density at radius 3 is 2.16 bits per heavy atom. The van der Waals surface area contributed by atoms with Gasteiger partial charge in [0.15, 0.2) is 0 Å². The molecule has 0 fully saturated rings. The molecule has 240 valence electrons. The topological polar surface area (TPSA) is 79.5 Å². The molecule has 0 N–H and O–H groups in total. The second-order valence-corrected chi connectivity index (χ2v) is 13.4. The summed E-state index contributed by atoms with van der Waals surface area (Å²) in [6.07, 6.45) is 13.1. The van der Waals surface area contributed by atoms with Crippen molar-refractivity contribution in [1.82, 2.24) is 4.57 Å². The number of fused-ring (bicyclic) bond motifs is 6. The maximum absolute atomic E-state index is 10.2. The summed E-state index contributed by atoms with van der Waals surface area (Å²) in [6, 6.07) is 47.3. The van der Waals surface area contributed by atoms with Crippen molar-refractivity contribution >= 4 is 33.2 Å². The third-order valence-corrected chi connectivity index (χ3v) is 10.7. The third kappa shape index (κ3) is 4.89. The Labute approximate surface area is 296 Å². The third-order valence-electron chi connectivity index (χ3n) is 10.7. The van der Waals surface area contributed by atoms with E-state index in [1.165, 1.54) is 16.8 Å². The van der Waals surface area contributed by atoms with Crippen molar-refractivity contribution in [2.75, 3.05) is 4.90 Å². The minimum Gasteiger partial charge on any atom is -0.333 e. The Bertz CT molecular complexity index is 2630. The van der Waals surface area contributed by atoms with Crippen LogP contribution in [0.15, 0.2) is 163 Å². The maximum atomic E-state index is 10.2. The van der Waals surface area contributed by atoms with E-state index in [4.69, 9.17) is 0 Å². The van der Waals surface area contributed by atoms with Gasteiger partial charge in [0.1, 0.15) is 0 Å². The van der Waals surface area contributed by atoms with Gasteiger partial charge in [0, 0.05) is 56.2 Å². The van der Waals surface area contributed by atoms with E-state index in [2.05, 4.69) is 143 Å². The molecule has 5 aromatic carbocycles. The van der Waals surface area contributed by atoms with Crippen LogP contribution in [0.2, 0.25) is 0 Å². The monoisotopic (exact) mass is 653 g/mol. The fourth-order valence-corrected chi connectivity index (χ4v) is 8.48. The molecule has 9 rings (SSSR count). The van der Waals surface area contributed by atoms with E-state index < -0.39 is 0 Å². The van der Waals surface area contributed by atoms with Crippen LogP contribution in [-0.4, -0.2) is 10.6 Å². The average molecular weight is 654 g/mol. The van der Waals surface area contributed by atoms with Crippen molar-refractivity contribution in [3.63, 3.8) is 0 Å². The molecule has 5 nitrogen and oxygen atoms in total. The lowest BCUT2D eigenvalue weighted by Crippen LogP contribution is -2.28. The summed E-state index contributed by atoms with van der Waals surface area (Å²) < 4.78 is 2.37. The van der Waals surface area contributed by atoms with Gasteiger partial charge >= 0.3 is 0 Å². The van der Waals surface area contributed by atoms with Gasteiger partial charge in [-0.3, -0.25) is 0 Å². The van der Waals surface area contributed by atoms with Crippen LogP contribution < -0.4 is 4.90 Å². The molecule has 0 saturated carbocycles. The molecule has 0 amide bonds. The number of hydrogen-bond acceptors (Lipinski definition) is 4. The van der Waals surface area contributed by atoms with Crippen LogP contribution >= 0.6 is 0 Å². The highest BCUT2D eigenvalue weighted by molar-refractivity contribution is 6.08. The van der Waals surface area contributed by atoms with Crippen molar-refractivity contribution in [3.05, 3.63) is 180 Å². The van der Waals surface area contributed by atoms with Gasteiger partial charge in [-0.1, -0.05) is 91.0 Å². The molecule has 2 aliphatic carbocycles. The van der Waals surface area contributed by atoms with Crippen LogP contribution in [0.1, 0.15) is 41.0 Å². The summed E-state index contributed by atoms with van der Waals surface area (Å²) in [4.78, 5) is 2.39. The second-order valence-electron chi connectivity index (χ2n) is 13.4. The molecule has 1 aromatic heterocycles. The van der Waals surface area contributed by atoms with E-state index in [1.807, 2.05) is 36.4 Å². The number of benzene rings is 5. The fourth-order valence-electron chi connectivity index (χ4n) is 8.48. The largest absolute Gasteiger partial charge is 0.333 e. The first-order valence-electron chi connectivity index (χ1n) is 17.3. The standard InChI is InChI=1S/C46H31N5/c47-27-30-8-7-13-37(46(26-30)51-43-15-6-4-12-39(43)41-25-32(29-49)17-23-45(41)51)36-10-2-1-9-35(36)33-18-20-34(21-19-33)50-42-14-5-3-11-38(42)40-24-31(28-48)16-22-44(40)50/h1-12,14-26,37,40,44,46H,13H2. The number of nitrogens with zero attached hydrogens (tertiary/aromatic N) is 5. The predicted octanol–water partition coefficient (Wildman–Crippen LogP) is 10.7. The highest BCUT2D eigenvalue weighted by atomic mass is 15.2. The summed E-state index contributed by atoms with van der Waals surface area (Å²) >= 11 is 0. The van der Waals surface area contributed by atoms with Crippen molar-refractivity contribution < 1.29 is 0 Å². The molecule has 0 spiro atoms. The van der Waals surface area contributed by atoms with Crippen LogP contribution in [0.3, 0.4) is 0 Å². The Hall–Kier alpha value is -6.87. The molecule has 5 heteroatoms. The van der Waals surface area contributed by atoms with Gasteiger partial charge in [-0.05, 0) is 89.4 Å². The first-order valence-corrected chi connectivity index (χ1v) is 17.3. The van der Waals surface area contributed by atoms with Crippen LogP contribution in [0.4, 0.5) is 11.4 Å². The number of para-hydroxylation sites is 2. The minimum atomic E-state index is -0.159. The lowest BCUT2D eigenvalue weighted by molar-refractivity contribution is 0.515. The molecular weight excluding hydrogens is 623 g/mol. The van der Waals surface area contributed by atoms with Gasteiger partial charge in [0.2, 0.25) is 0 Å². The van der Waals surface area contributed by atoms with Crippen molar-refractivity contribution in [2.24, 2.45) is 0 Å². The summed E-state index contributed by atoms with van der Waals surface area (Å²) in [7, 11) is 0. The highest BCUT2D eigenvalue weighted by Gasteiger charge is 2.38. The Balaban J connectivity index is 1.15.